The summed E-state index contributed by atoms with van der Waals surface area (Å²) in [6, 6.07) is 8.33. The van der Waals surface area contributed by atoms with Gasteiger partial charge in [-0.25, -0.2) is 4.39 Å². The number of halogens is 2. The van der Waals surface area contributed by atoms with Crippen LogP contribution in [0.15, 0.2) is 77.1 Å². The summed E-state index contributed by atoms with van der Waals surface area (Å²) >= 11 is 0. The predicted molar refractivity (Wildman–Crippen MR) is 160 cm³/mol. The Morgan fingerprint density at radius 1 is 1.22 bits per heavy atom. The van der Waals surface area contributed by atoms with Crippen molar-refractivity contribution in [3.63, 3.8) is 0 Å². The monoisotopic (exact) mass is 554 g/mol. The molecule has 4 rings (SSSR count). The van der Waals surface area contributed by atoms with Gasteiger partial charge in [0.2, 0.25) is 5.82 Å². The fraction of sp³-hybridized carbons (Fsp3) is 0.242. The minimum atomic E-state index is -1.11. The molecule has 0 aromatic heterocycles. The van der Waals surface area contributed by atoms with Crippen molar-refractivity contribution in [2.24, 2.45) is 10.7 Å². The van der Waals surface area contributed by atoms with Crippen LogP contribution in [0.2, 0.25) is 0 Å². The van der Waals surface area contributed by atoms with E-state index in [0.717, 1.165) is 11.3 Å². The van der Waals surface area contributed by atoms with E-state index in [1.807, 2.05) is 43.4 Å². The summed E-state index contributed by atoms with van der Waals surface area (Å²) < 4.78 is 35.0. The molecule has 8 heteroatoms. The van der Waals surface area contributed by atoms with Crippen molar-refractivity contribution in [2.75, 3.05) is 18.5 Å². The highest BCUT2D eigenvalue weighted by molar-refractivity contribution is 6.25. The summed E-state index contributed by atoms with van der Waals surface area (Å²) in [7, 11) is 0. The number of ether oxygens (including phenoxy) is 1. The van der Waals surface area contributed by atoms with Crippen LogP contribution in [0.5, 0.6) is 5.75 Å². The quantitative estimate of drug-likeness (QED) is 0.157. The van der Waals surface area contributed by atoms with E-state index in [1.54, 1.807) is 6.07 Å². The van der Waals surface area contributed by atoms with E-state index in [2.05, 4.69) is 16.2 Å². The Labute approximate surface area is 238 Å². The van der Waals surface area contributed by atoms with Crippen molar-refractivity contribution in [1.82, 2.24) is 0 Å². The summed E-state index contributed by atoms with van der Waals surface area (Å²) in [6.45, 7) is 2.29. The summed E-state index contributed by atoms with van der Waals surface area (Å²) in [6.07, 6.45) is 16.8. The lowest BCUT2D eigenvalue weighted by atomic mass is 9.93. The average Bonchev–Trinajstić information content (AvgIpc) is 3.37. The van der Waals surface area contributed by atoms with E-state index in [9.17, 15) is 9.18 Å². The zero-order valence-corrected chi connectivity index (χ0v) is 22.9. The number of anilines is 1. The normalized spacial score (nSPS) is 17.3. The number of hydrogen-bond donors (Lipinski definition) is 3. The first kappa shape index (κ1) is 29.4. The Kier molecular flexibility index (Phi) is 9.77. The summed E-state index contributed by atoms with van der Waals surface area (Å²) in [5.74, 6) is -0.259. The molecule has 0 fully saturated rings. The number of aryl methyl sites for hydroxylation is 1. The smallest absolute Gasteiger partial charge is 0.201 e. The molecule has 0 saturated carbocycles. The Morgan fingerprint density at radius 3 is 2.80 bits per heavy atom. The van der Waals surface area contributed by atoms with Crippen LogP contribution in [-0.2, 0) is 6.42 Å². The molecule has 4 N–H and O–H groups in total. The number of allylic oxidation sites excluding steroid dienone is 6. The van der Waals surface area contributed by atoms with Crippen LogP contribution >= 0.6 is 0 Å². The van der Waals surface area contributed by atoms with Crippen LogP contribution in [0.3, 0.4) is 0 Å². The highest BCUT2D eigenvalue weighted by atomic mass is 19.2. The van der Waals surface area contributed by atoms with Crippen molar-refractivity contribution in [2.45, 2.75) is 39.0 Å². The Bertz CT molecular complexity index is 1560. The van der Waals surface area contributed by atoms with E-state index in [1.165, 1.54) is 18.3 Å². The molecule has 0 atom stereocenters. The van der Waals surface area contributed by atoms with Gasteiger partial charge in [-0.15, -0.1) is 6.42 Å². The molecule has 1 aliphatic carbocycles. The number of terminal acetylenes is 1. The average molecular weight is 555 g/mol. The van der Waals surface area contributed by atoms with E-state index < -0.39 is 11.6 Å². The van der Waals surface area contributed by atoms with Crippen LogP contribution in [0, 0.1) is 29.4 Å². The minimum absolute atomic E-state index is 0.0574. The number of nitrogens with zero attached hydrogens (tertiary/aromatic N) is 1. The number of carbonyl (C=O) groups excluding carboxylic acids is 1. The molecule has 41 heavy (non-hydrogen) atoms. The molecule has 0 unspecified atom stereocenters. The minimum Gasteiger partial charge on any atom is -0.478 e. The zero-order valence-electron chi connectivity index (χ0n) is 22.9. The first-order valence-electron chi connectivity index (χ1n) is 13.5. The Hall–Kier alpha value is -4.61. The SMILES string of the molecule is C#CCOc1ccc(C2=CN=C3/C(Nc4ccc(C(=O)CC(=N)CCCN)c(CC)c4)=C/C/C=C\C=C\23)c(F)c1F. The third kappa shape index (κ3) is 6.76. The number of Topliss-reactive ketones (excluding diaryl/α,β-unsaturated/α-hetero) is 1. The Balaban J connectivity index is 1.56. The van der Waals surface area contributed by atoms with Gasteiger partial charge in [-0.2, -0.15) is 4.39 Å². The number of benzene rings is 2. The number of fused-ring (bicyclic) bond motifs is 1. The zero-order chi connectivity index (χ0) is 29.4. The molecule has 210 valence electrons. The van der Waals surface area contributed by atoms with E-state index in [4.69, 9.17) is 22.3 Å². The highest BCUT2D eigenvalue weighted by Crippen LogP contribution is 2.36. The summed E-state index contributed by atoms with van der Waals surface area (Å²) in [5.41, 5.74) is 10.5. The largest absolute Gasteiger partial charge is 0.478 e. The number of nitrogens with two attached hydrogens (primary N) is 1. The van der Waals surface area contributed by atoms with Crippen LogP contribution in [-0.4, -0.2) is 30.4 Å². The van der Waals surface area contributed by atoms with Gasteiger partial charge in [-0.3, -0.25) is 9.79 Å². The molecule has 6 nitrogen and oxygen atoms in total. The maximum absolute atomic E-state index is 15.1. The van der Waals surface area contributed by atoms with Crippen molar-refractivity contribution in [3.8, 4) is 18.1 Å². The molecular weight excluding hydrogens is 522 g/mol. The number of rotatable bonds is 12. The fourth-order valence-electron chi connectivity index (χ4n) is 4.68. The van der Waals surface area contributed by atoms with E-state index >= 15 is 4.39 Å². The first-order valence-corrected chi connectivity index (χ1v) is 13.5. The first-order chi connectivity index (χ1) is 19.9. The molecular formula is C33H32F2N4O2. The van der Waals surface area contributed by atoms with Gasteiger partial charge < -0.3 is 21.2 Å². The van der Waals surface area contributed by atoms with Gasteiger partial charge in [-0.1, -0.05) is 37.1 Å². The van der Waals surface area contributed by atoms with Gasteiger partial charge in [0.25, 0.3) is 0 Å². The van der Waals surface area contributed by atoms with Gasteiger partial charge in [0.1, 0.15) is 6.61 Å². The van der Waals surface area contributed by atoms with E-state index in [0.29, 0.717) is 66.1 Å². The molecule has 2 aliphatic rings. The predicted octanol–water partition coefficient (Wildman–Crippen LogP) is 6.55. The molecule has 2 aromatic rings. The molecule has 0 bridgehead atoms. The molecule has 0 amide bonds. The van der Waals surface area contributed by atoms with Gasteiger partial charge in [-0.05, 0) is 68.1 Å². The second-order valence-electron chi connectivity index (χ2n) is 9.56. The van der Waals surface area contributed by atoms with Crippen molar-refractivity contribution < 1.29 is 18.3 Å². The van der Waals surface area contributed by atoms with Crippen molar-refractivity contribution in [3.05, 3.63) is 100 Å². The molecule has 1 aliphatic heterocycles. The van der Waals surface area contributed by atoms with Crippen LogP contribution in [0.4, 0.5) is 14.5 Å². The van der Waals surface area contributed by atoms with Crippen molar-refractivity contribution >= 4 is 28.5 Å². The Morgan fingerprint density at radius 2 is 2.05 bits per heavy atom. The maximum atomic E-state index is 15.1. The molecule has 0 spiro atoms. The lowest BCUT2D eigenvalue weighted by Gasteiger charge is -2.18. The number of aliphatic imine (C=N–C) groups is 1. The molecule has 0 radical (unpaired) electrons. The third-order valence-electron chi connectivity index (χ3n) is 6.75. The molecule has 0 saturated heterocycles. The number of carbonyl (C=O) groups is 1. The van der Waals surface area contributed by atoms with Crippen LogP contribution in [0.25, 0.3) is 5.57 Å². The van der Waals surface area contributed by atoms with Gasteiger partial charge >= 0.3 is 0 Å². The topological polar surface area (TPSA) is 101 Å². The van der Waals surface area contributed by atoms with Crippen LogP contribution in [0.1, 0.15) is 54.1 Å². The van der Waals surface area contributed by atoms with Crippen LogP contribution < -0.4 is 15.8 Å². The second kappa shape index (κ2) is 13.6. The summed E-state index contributed by atoms with van der Waals surface area (Å²) in [5, 5.41) is 11.5. The molecule has 2 aromatic carbocycles. The number of ketones is 1. The molecule has 1 heterocycles. The maximum Gasteiger partial charge on any atom is 0.201 e. The third-order valence-corrected chi connectivity index (χ3v) is 6.75. The standard InChI is InChI=1S/C33H32F2N4O2/c1-3-17-41-30-15-14-25(31(34)32(30)35)27-20-38-33-26(27)10-6-5-7-11-28(33)39-23-12-13-24(21(4-2)18-23)29(40)19-22(37)9-8-16-36/h1,5-6,10-15,18,20,37,39H,4,7-9,16-17,19,36H2,2H3/b6-5-,26-10-,28-11-,37-22?. The van der Waals surface area contributed by atoms with Crippen molar-refractivity contribution in [1.29, 1.82) is 5.41 Å². The lowest BCUT2D eigenvalue weighted by molar-refractivity contribution is 0.0999. The van der Waals surface area contributed by atoms with E-state index in [-0.39, 0.29) is 30.1 Å². The van der Waals surface area contributed by atoms with Gasteiger partial charge in [0.15, 0.2) is 17.3 Å². The summed E-state index contributed by atoms with van der Waals surface area (Å²) in [4.78, 5) is 17.5. The highest BCUT2D eigenvalue weighted by Gasteiger charge is 2.27. The fourth-order valence-corrected chi connectivity index (χ4v) is 4.68. The number of hydrogen-bond acceptors (Lipinski definition) is 6. The van der Waals surface area contributed by atoms with Gasteiger partial charge in [0, 0.05) is 46.3 Å². The lowest BCUT2D eigenvalue weighted by Crippen LogP contribution is -2.15. The number of nitrogens with one attached hydrogen (secondary N) is 2. The second-order valence-corrected chi connectivity index (χ2v) is 9.56. The van der Waals surface area contributed by atoms with Gasteiger partial charge in [0.05, 0.1) is 11.4 Å².